The first-order valence-corrected chi connectivity index (χ1v) is 8.14. The molecule has 0 atom stereocenters. The summed E-state index contributed by atoms with van der Waals surface area (Å²) < 4.78 is 7.35. The SMILES string of the molecule is CCOC(=O)c1cc(-c2ccccc2C)n(-c2ccccc2)c1C. The van der Waals surface area contributed by atoms with Crippen molar-refractivity contribution in [2.75, 3.05) is 6.61 Å². The molecule has 0 N–H and O–H groups in total. The molecule has 3 nitrogen and oxygen atoms in total. The molecule has 0 amide bonds. The van der Waals surface area contributed by atoms with Gasteiger partial charge in [0.2, 0.25) is 0 Å². The van der Waals surface area contributed by atoms with Crippen LogP contribution in [0, 0.1) is 13.8 Å². The zero-order valence-electron chi connectivity index (χ0n) is 14.2. The van der Waals surface area contributed by atoms with Crippen molar-refractivity contribution in [2.45, 2.75) is 20.8 Å². The molecule has 0 aliphatic heterocycles. The van der Waals surface area contributed by atoms with Crippen LogP contribution in [-0.2, 0) is 4.74 Å². The van der Waals surface area contributed by atoms with Gasteiger partial charge in [0.15, 0.2) is 0 Å². The van der Waals surface area contributed by atoms with Crippen molar-refractivity contribution in [3.63, 3.8) is 0 Å². The van der Waals surface area contributed by atoms with Gasteiger partial charge in [-0.25, -0.2) is 4.79 Å². The lowest BCUT2D eigenvalue weighted by Gasteiger charge is -2.13. The summed E-state index contributed by atoms with van der Waals surface area (Å²) in [5.41, 5.74) is 5.81. The van der Waals surface area contributed by atoms with E-state index in [-0.39, 0.29) is 5.97 Å². The number of para-hydroxylation sites is 1. The highest BCUT2D eigenvalue weighted by molar-refractivity contribution is 5.93. The number of rotatable bonds is 4. The quantitative estimate of drug-likeness (QED) is 0.638. The van der Waals surface area contributed by atoms with Gasteiger partial charge in [-0.1, -0.05) is 42.5 Å². The number of aromatic nitrogens is 1. The molecule has 0 aliphatic rings. The summed E-state index contributed by atoms with van der Waals surface area (Å²) in [6, 6.07) is 20.2. The van der Waals surface area contributed by atoms with Gasteiger partial charge in [-0.2, -0.15) is 0 Å². The van der Waals surface area contributed by atoms with Gasteiger partial charge in [0.05, 0.1) is 17.9 Å². The molecular formula is C21H21NO2. The van der Waals surface area contributed by atoms with Gasteiger partial charge < -0.3 is 9.30 Å². The van der Waals surface area contributed by atoms with E-state index in [2.05, 4.69) is 23.6 Å². The normalized spacial score (nSPS) is 10.6. The predicted molar refractivity (Wildman–Crippen MR) is 96.6 cm³/mol. The van der Waals surface area contributed by atoms with E-state index in [0.717, 1.165) is 22.6 Å². The summed E-state index contributed by atoms with van der Waals surface area (Å²) in [4.78, 5) is 12.3. The molecule has 0 fully saturated rings. The molecule has 0 radical (unpaired) electrons. The van der Waals surface area contributed by atoms with Crippen molar-refractivity contribution in [1.29, 1.82) is 0 Å². The van der Waals surface area contributed by atoms with Crippen molar-refractivity contribution in [1.82, 2.24) is 4.57 Å². The van der Waals surface area contributed by atoms with Gasteiger partial charge in [-0.3, -0.25) is 0 Å². The molecule has 0 bridgehead atoms. The number of hydrogen-bond acceptors (Lipinski definition) is 2. The average molecular weight is 319 g/mol. The third kappa shape index (κ3) is 2.85. The molecule has 3 heteroatoms. The maximum Gasteiger partial charge on any atom is 0.339 e. The molecule has 0 saturated heterocycles. The van der Waals surface area contributed by atoms with Crippen LogP contribution in [-0.4, -0.2) is 17.1 Å². The Morgan fingerprint density at radius 3 is 2.33 bits per heavy atom. The van der Waals surface area contributed by atoms with Gasteiger partial charge in [0.25, 0.3) is 0 Å². The Hall–Kier alpha value is -2.81. The predicted octanol–water partition coefficient (Wildman–Crippen LogP) is 4.94. The molecule has 3 aromatic rings. The highest BCUT2D eigenvalue weighted by Crippen LogP contribution is 2.31. The van der Waals surface area contributed by atoms with Gasteiger partial charge >= 0.3 is 5.97 Å². The average Bonchev–Trinajstić information content (AvgIpc) is 2.93. The smallest absolute Gasteiger partial charge is 0.339 e. The Labute approximate surface area is 142 Å². The number of carbonyl (C=O) groups is 1. The topological polar surface area (TPSA) is 31.2 Å². The lowest BCUT2D eigenvalue weighted by molar-refractivity contribution is 0.0525. The minimum Gasteiger partial charge on any atom is -0.462 e. The molecule has 122 valence electrons. The largest absolute Gasteiger partial charge is 0.462 e. The van der Waals surface area contributed by atoms with E-state index < -0.39 is 0 Å². The summed E-state index contributed by atoms with van der Waals surface area (Å²) in [6.07, 6.45) is 0. The van der Waals surface area contributed by atoms with Crippen LogP contribution in [0.2, 0.25) is 0 Å². The number of ether oxygens (including phenoxy) is 1. The second-order valence-corrected chi connectivity index (χ2v) is 5.74. The summed E-state index contributed by atoms with van der Waals surface area (Å²) in [6.45, 7) is 6.23. The fraction of sp³-hybridized carbons (Fsp3) is 0.190. The molecule has 3 rings (SSSR count). The molecule has 2 aromatic carbocycles. The molecule has 24 heavy (non-hydrogen) atoms. The first-order chi connectivity index (χ1) is 11.6. The van der Waals surface area contributed by atoms with Crippen LogP contribution in [0.1, 0.15) is 28.5 Å². The number of aryl methyl sites for hydroxylation is 1. The first-order valence-electron chi connectivity index (χ1n) is 8.14. The van der Waals surface area contributed by atoms with Crippen LogP contribution < -0.4 is 0 Å². The molecule has 0 aliphatic carbocycles. The number of nitrogens with zero attached hydrogens (tertiary/aromatic N) is 1. The first kappa shape index (κ1) is 16.1. The Morgan fingerprint density at radius 2 is 1.67 bits per heavy atom. The van der Waals surface area contributed by atoms with E-state index in [4.69, 9.17) is 4.74 Å². The Morgan fingerprint density at radius 1 is 1.00 bits per heavy atom. The highest BCUT2D eigenvalue weighted by Gasteiger charge is 2.20. The summed E-state index contributed by atoms with van der Waals surface area (Å²) in [7, 11) is 0. The van der Waals surface area contributed by atoms with Crippen molar-refractivity contribution in [3.05, 3.63) is 77.5 Å². The zero-order chi connectivity index (χ0) is 17.1. The lowest BCUT2D eigenvalue weighted by Crippen LogP contribution is -2.06. The van der Waals surface area contributed by atoms with Crippen LogP contribution >= 0.6 is 0 Å². The van der Waals surface area contributed by atoms with Crippen LogP contribution in [0.3, 0.4) is 0 Å². The number of hydrogen-bond donors (Lipinski definition) is 0. The Kier molecular flexibility index (Phi) is 4.52. The number of carbonyl (C=O) groups excluding carboxylic acids is 1. The van der Waals surface area contributed by atoms with E-state index in [0.29, 0.717) is 12.2 Å². The minimum absolute atomic E-state index is 0.278. The second kappa shape index (κ2) is 6.75. The van der Waals surface area contributed by atoms with Crippen LogP contribution in [0.15, 0.2) is 60.7 Å². The molecule has 0 unspecified atom stereocenters. The maximum absolute atomic E-state index is 12.3. The summed E-state index contributed by atoms with van der Waals surface area (Å²) in [5.74, 6) is -0.278. The Balaban J connectivity index is 2.26. The number of esters is 1. The molecular weight excluding hydrogens is 298 g/mol. The number of benzene rings is 2. The van der Waals surface area contributed by atoms with Crippen molar-refractivity contribution < 1.29 is 9.53 Å². The van der Waals surface area contributed by atoms with E-state index in [1.54, 1.807) is 0 Å². The second-order valence-electron chi connectivity index (χ2n) is 5.74. The lowest BCUT2D eigenvalue weighted by atomic mass is 10.1. The highest BCUT2D eigenvalue weighted by atomic mass is 16.5. The zero-order valence-corrected chi connectivity index (χ0v) is 14.2. The molecule has 1 heterocycles. The van der Waals surface area contributed by atoms with E-state index in [1.165, 1.54) is 5.56 Å². The third-order valence-electron chi connectivity index (χ3n) is 4.18. The third-order valence-corrected chi connectivity index (χ3v) is 4.18. The maximum atomic E-state index is 12.3. The molecule has 1 aromatic heterocycles. The fourth-order valence-corrected chi connectivity index (χ4v) is 2.99. The van der Waals surface area contributed by atoms with Gasteiger partial charge in [0, 0.05) is 16.9 Å². The standard InChI is InChI=1S/C21H21NO2/c1-4-24-21(23)19-14-20(18-13-9-8-10-15(18)2)22(16(19)3)17-11-6-5-7-12-17/h5-14H,4H2,1-3H3. The fourth-order valence-electron chi connectivity index (χ4n) is 2.99. The van der Waals surface area contributed by atoms with Gasteiger partial charge in [-0.15, -0.1) is 0 Å². The van der Waals surface area contributed by atoms with E-state index in [9.17, 15) is 4.79 Å². The van der Waals surface area contributed by atoms with Crippen molar-refractivity contribution in [3.8, 4) is 16.9 Å². The van der Waals surface area contributed by atoms with Crippen LogP contribution in [0.25, 0.3) is 16.9 Å². The van der Waals surface area contributed by atoms with Crippen molar-refractivity contribution in [2.24, 2.45) is 0 Å². The molecule has 0 saturated carbocycles. The Bertz CT molecular complexity index is 863. The van der Waals surface area contributed by atoms with Crippen LogP contribution in [0.5, 0.6) is 0 Å². The van der Waals surface area contributed by atoms with E-state index >= 15 is 0 Å². The van der Waals surface area contributed by atoms with Gasteiger partial charge in [0.1, 0.15) is 0 Å². The van der Waals surface area contributed by atoms with Crippen molar-refractivity contribution >= 4 is 5.97 Å². The minimum atomic E-state index is -0.278. The van der Waals surface area contributed by atoms with Gasteiger partial charge in [-0.05, 0) is 44.5 Å². The summed E-state index contributed by atoms with van der Waals surface area (Å²) >= 11 is 0. The summed E-state index contributed by atoms with van der Waals surface area (Å²) in [5, 5.41) is 0. The molecule has 0 spiro atoms. The van der Waals surface area contributed by atoms with Crippen LogP contribution in [0.4, 0.5) is 0 Å². The monoisotopic (exact) mass is 319 g/mol. The van der Waals surface area contributed by atoms with E-state index in [1.807, 2.05) is 62.4 Å².